The van der Waals surface area contributed by atoms with Crippen LogP contribution in [-0.4, -0.2) is 16.3 Å². The number of aliphatic imine (C=N–C) groups is 1. The smallest absolute Gasteiger partial charge is 0.271 e. The van der Waals surface area contributed by atoms with Crippen molar-refractivity contribution in [3.05, 3.63) is 28.6 Å². The number of hydrogen-bond acceptors (Lipinski definition) is 3. The van der Waals surface area contributed by atoms with Gasteiger partial charge in [0.25, 0.3) is 5.56 Å². The maximum Gasteiger partial charge on any atom is 0.271 e. The Kier molecular flexibility index (Phi) is 1.58. The van der Waals surface area contributed by atoms with Crippen LogP contribution >= 0.6 is 0 Å². The number of H-pyrrole nitrogens is 2. The van der Waals surface area contributed by atoms with E-state index < -0.39 is 0 Å². The zero-order valence-electron chi connectivity index (χ0n) is 6.50. The van der Waals surface area contributed by atoms with Crippen molar-refractivity contribution in [1.29, 1.82) is 0 Å². The number of carbonyl (C=O) groups excluding carboxylic acids is 1. The first-order valence-corrected chi connectivity index (χ1v) is 3.59. The van der Waals surface area contributed by atoms with Crippen LogP contribution in [0.2, 0.25) is 0 Å². The molecule has 0 atom stereocenters. The number of aromatic amines is 2. The number of benzene rings is 1. The van der Waals surface area contributed by atoms with Crippen molar-refractivity contribution in [3.63, 3.8) is 0 Å². The topological polar surface area (TPSA) is 78.1 Å². The summed E-state index contributed by atoms with van der Waals surface area (Å²) in [6.07, 6.45) is 1.43. The Hall–Kier alpha value is -2.13. The standard InChI is InChI=1S/C8H5N3O2/c12-4-9-5-1-2-6-7(3-5)10-11-8(6)13/h1-3H,(H2,10,11,13). The van der Waals surface area contributed by atoms with Gasteiger partial charge < -0.3 is 0 Å². The van der Waals surface area contributed by atoms with Gasteiger partial charge in [0.2, 0.25) is 6.08 Å². The molecule has 0 aliphatic heterocycles. The lowest BCUT2D eigenvalue weighted by Gasteiger charge is -1.88. The third-order valence-corrected chi connectivity index (χ3v) is 1.73. The van der Waals surface area contributed by atoms with Crippen molar-refractivity contribution in [2.45, 2.75) is 0 Å². The Morgan fingerprint density at radius 3 is 2.92 bits per heavy atom. The third kappa shape index (κ3) is 1.17. The highest BCUT2D eigenvalue weighted by molar-refractivity contribution is 5.81. The zero-order valence-corrected chi connectivity index (χ0v) is 6.50. The molecular formula is C8H5N3O2. The van der Waals surface area contributed by atoms with Gasteiger partial charge in [0.05, 0.1) is 16.6 Å². The largest absolute Gasteiger partial charge is 0.297 e. The van der Waals surface area contributed by atoms with E-state index in [1.165, 1.54) is 6.08 Å². The summed E-state index contributed by atoms with van der Waals surface area (Å²) in [7, 11) is 0. The molecule has 64 valence electrons. The number of nitrogens with zero attached hydrogens (tertiary/aromatic N) is 1. The summed E-state index contributed by atoms with van der Waals surface area (Å²) in [5.74, 6) is 0. The molecule has 0 radical (unpaired) electrons. The molecule has 5 nitrogen and oxygen atoms in total. The minimum absolute atomic E-state index is 0.184. The van der Waals surface area contributed by atoms with Gasteiger partial charge >= 0.3 is 0 Å². The Morgan fingerprint density at radius 2 is 2.15 bits per heavy atom. The van der Waals surface area contributed by atoms with E-state index in [-0.39, 0.29) is 5.56 Å². The number of rotatable bonds is 1. The fourth-order valence-corrected chi connectivity index (χ4v) is 1.15. The Labute approximate surface area is 72.1 Å². The second kappa shape index (κ2) is 2.73. The lowest BCUT2D eigenvalue weighted by atomic mass is 10.2. The summed E-state index contributed by atoms with van der Waals surface area (Å²) in [6.45, 7) is 0. The molecule has 0 aliphatic rings. The van der Waals surface area contributed by atoms with Crippen molar-refractivity contribution in [3.8, 4) is 0 Å². The first kappa shape index (κ1) is 7.52. The molecule has 0 spiro atoms. The highest BCUT2D eigenvalue weighted by Crippen LogP contribution is 2.15. The van der Waals surface area contributed by atoms with Crippen LogP contribution in [0.1, 0.15) is 0 Å². The quantitative estimate of drug-likeness (QED) is 0.497. The first-order chi connectivity index (χ1) is 6.31. The molecule has 0 saturated carbocycles. The lowest BCUT2D eigenvalue weighted by Crippen LogP contribution is -1.96. The second-order valence-corrected chi connectivity index (χ2v) is 2.51. The fraction of sp³-hybridized carbons (Fsp3) is 0. The van der Waals surface area contributed by atoms with Crippen LogP contribution in [0.3, 0.4) is 0 Å². The van der Waals surface area contributed by atoms with Crippen LogP contribution < -0.4 is 5.56 Å². The Bertz CT molecular complexity index is 546. The molecule has 2 aromatic rings. The van der Waals surface area contributed by atoms with Crippen molar-refractivity contribution >= 4 is 22.7 Å². The summed E-state index contributed by atoms with van der Waals surface area (Å²) in [5.41, 5.74) is 0.913. The minimum Gasteiger partial charge on any atom is -0.297 e. The van der Waals surface area contributed by atoms with Gasteiger partial charge in [-0.1, -0.05) is 0 Å². The predicted molar refractivity (Wildman–Crippen MR) is 46.7 cm³/mol. The van der Waals surface area contributed by atoms with Gasteiger partial charge in [-0.2, -0.15) is 4.99 Å². The Balaban J connectivity index is 2.76. The summed E-state index contributed by atoms with van der Waals surface area (Å²) >= 11 is 0. The highest BCUT2D eigenvalue weighted by Gasteiger charge is 2.00. The molecule has 0 amide bonds. The minimum atomic E-state index is -0.184. The van der Waals surface area contributed by atoms with E-state index >= 15 is 0 Å². The van der Waals surface area contributed by atoms with Crippen LogP contribution in [0.25, 0.3) is 10.9 Å². The van der Waals surface area contributed by atoms with E-state index in [1.807, 2.05) is 0 Å². The van der Waals surface area contributed by atoms with E-state index in [1.54, 1.807) is 18.2 Å². The molecule has 1 aromatic heterocycles. The van der Waals surface area contributed by atoms with Crippen molar-refractivity contribution in [2.24, 2.45) is 4.99 Å². The average molecular weight is 175 g/mol. The van der Waals surface area contributed by atoms with Gasteiger partial charge in [-0.25, -0.2) is 4.79 Å². The number of hydrogen-bond donors (Lipinski definition) is 2. The lowest BCUT2D eigenvalue weighted by molar-refractivity contribution is 0.565. The predicted octanol–water partition coefficient (Wildman–Crippen LogP) is 0.823. The Morgan fingerprint density at radius 1 is 1.31 bits per heavy atom. The summed E-state index contributed by atoms with van der Waals surface area (Å²) in [5, 5.41) is 5.63. The molecule has 0 unspecified atom stereocenters. The van der Waals surface area contributed by atoms with Crippen molar-refractivity contribution in [2.75, 3.05) is 0 Å². The van der Waals surface area contributed by atoms with Crippen LogP contribution in [0, 0.1) is 0 Å². The third-order valence-electron chi connectivity index (χ3n) is 1.73. The van der Waals surface area contributed by atoms with Gasteiger partial charge in [0.1, 0.15) is 0 Å². The van der Waals surface area contributed by atoms with Gasteiger partial charge in [0.15, 0.2) is 0 Å². The van der Waals surface area contributed by atoms with E-state index in [0.29, 0.717) is 16.6 Å². The van der Waals surface area contributed by atoms with Crippen molar-refractivity contribution in [1.82, 2.24) is 10.2 Å². The van der Waals surface area contributed by atoms with E-state index in [4.69, 9.17) is 0 Å². The number of isocyanates is 1. The van der Waals surface area contributed by atoms with Gasteiger partial charge in [0, 0.05) is 0 Å². The van der Waals surface area contributed by atoms with Gasteiger partial charge in [-0.15, -0.1) is 0 Å². The van der Waals surface area contributed by atoms with E-state index in [2.05, 4.69) is 15.2 Å². The van der Waals surface area contributed by atoms with Crippen LogP contribution in [0.15, 0.2) is 28.0 Å². The van der Waals surface area contributed by atoms with Crippen molar-refractivity contribution < 1.29 is 4.79 Å². The molecule has 0 aliphatic carbocycles. The molecule has 0 fully saturated rings. The molecule has 0 saturated heterocycles. The monoisotopic (exact) mass is 175 g/mol. The highest BCUT2D eigenvalue weighted by atomic mass is 16.1. The fourth-order valence-electron chi connectivity index (χ4n) is 1.15. The van der Waals surface area contributed by atoms with E-state index in [0.717, 1.165) is 0 Å². The number of fused-ring (bicyclic) bond motifs is 1. The summed E-state index contributed by atoms with van der Waals surface area (Å²) in [6, 6.07) is 4.77. The normalized spacial score (nSPS) is 9.85. The molecule has 13 heavy (non-hydrogen) atoms. The number of nitrogens with one attached hydrogen (secondary N) is 2. The van der Waals surface area contributed by atoms with Gasteiger partial charge in [-0.3, -0.25) is 15.0 Å². The molecule has 0 bridgehead atoms. The number of aromatic nitrogens is 2. The summed E-state index contributed by atoms with van der Waals surface area (Å²) in [4.78, 5) is 24.4. The van der Waals surface area contributed by atoms with Crippen LogP contribution in [0.5, 0.6) is 0 Å². The molecule has 2 rings (SSSR count). The maximum absolute atomic E-state index is 11.1. The van der Waals surface area contributed by atoms with Crippen LogP contribution in [-0.2, 0) is 4.79 Å². The van der Waals surface area contributed by atoms with E-state index in [9.17, 15) is 9.59 Å². The SMILES string of the molecule is O=C=Nc1ccc2c(=O)[nH][nH]c2c1. The van der Waals surface area contributed by atoms with Gasteiger partial charge in [-0.05, 0) is 18.2 Å². The maximum atomic E-state index is 11.1. The van der Waals surface area contributed by atoms with Crippen LogP contribution in [0.4, 0.5) is 5.69 Å². The molecule has 2 N–H and O–H groups in total. The molecular weight excluding hydrogens is 170 g/mol. The molecule has 1 heterocycles. The molecule has 1 aromatic carbocycles. The zero-order chi connectivity index (χ0) is 9.26. The molecule has 5 heteroatoms. The summed E-state index contributed by atoms with van der Waals surface area (Å²) < 4.78 is 0. The second-order valence-electron chi connectivity index (χ2n) is 2.51. The first-order valence-electron chi connectivity index (χ1n) is 3.59. The average Bonchev–Trinajstić information content (AvgIpc) is 2.48.